The molecule has 0 aliphatic rings. The molecule has 5 nitrogen and oxygen atoms in total. The van der Waals surface area contributed by atoms with Gasteiger partial charge in [0.25, 0.3) is 0 Å². The third-order valence-corrected chi connectivity index (χ3v) is 11.2. The highest BCUT2D eigenvalue weighted by atomic mass is 16.5. The SMILES string of the molecule is COc1cc2c(cc1C)oc1cc(C)c(OC)cc12.Cc1ccc(N(c2ccc(N(c3ccc(C)cc3)c3c(C)cc(C)cc3C)cc2)c2c(C)cc(C)cc2C)cc1. The molecule has 5 heteroatoms. The Morgan fingerprint density at radius 1 is 0.339 bits per heavy atom. The molecule has 0 amide bonds. The summed E-state index contributed by atoms with van der Waals surface area (Å²) in [5.41, 5.74) is 21.2. The first kappa shape index (κ1) is 40.7. The molecule has 300 valence electrons. The van der Waals surface area contributed by atoms with E-state index in [0.29, 0.717) is 0 Å². The van der Waals surface area contributed by atoms with Gasteiger partial charge in [-0.25, -0.2) is 0 Å². The van der Waals surface area contributed by atoms with Crippen LogP contribution in [0.2, 0.25) is 0 Å². The highest BCUT2D eigenvalue weighted by molar-refractivity contribution is 6.06. The van der Waals surface area contributed by atoms with Crippen molar-refractivity contribution in [2.45, 2.75) is 69.2 Å². The summed E-state index contributed by atoms with van der Waals surface area (Å²) >= 11 is 0. The zero-order valence-electron chi connectivity index (χ0n) is 36.7. The van der Waals surface area contributed by atoms with Gasteiger partial charge in [0.2, 0.25) is 0 Å². The van der Waals surface area contributed by atoms with Gasteiger partial charge in [-0.1, -0.05) is 70.8 Å². The second-order valence-electron chi connectivity index (χ2n) is 16.1. The van der Waals surface area contributed by atoms with E-state index in [1.807, 2.05) is 38.1 Å². The van der Waals surface area contributed by atoms with E-state index in [1.54, 1.807) is 14.2 Å². The standard InChI is InChI=1S/C38H40N2.C16H16O3/c1-25-9-13-33(14-10-25)39(37-29(5)21-27(3)22-30(37)6)35-17-19-36(20-18-35)40(34-15-11-26(2)12-16-34)38-31(7)23-28(4)24-32(38)8;1-9-5-15-11(7-13(9)17-3)12-8-14(18-4)10(2)6-16(12)19-15/h9-24H,1-8H3;5-8H,1-4H3. The van der Waals surface area contributed by atoms with E-state index >= 15 is 0 Å². The third-order valence-electron chi connectivity index (χ3n) is 11.2. The Morgan fingerprint density at radius 3 is 0.915 bits per heavy atom. The molecule has 0 saturated heterocycles. The van der Waals surface area contributed by atoms with Gasteiger partial charge >= 0.3 is 0 Å². The predicted molar refractivity (Wildman–Crippen MR) is 250 cm³/mol. The van der Waals surface area contributed by atoms with Crippen molar-refractivity contribution >= 4 is 56.1 Å². The third kappa shape index (κ3) is 8.29. The Kier molecular flexibility index (Phi) is 11.6. The molecule has 0 aliphatic carbocycles. The van der Waals surface area contributed by atoms with Gasteiger partial charge in [0.05, 0.1) is 25.6 Å². The number of anilines is 6. The summed E-state index contributed by atoms with van der Waals surface area (Å²) in [6, 6.07) is 43.9. The Balaban J connectivity index is 0.000000231. The van der Waals surface area contributed by atoms with Crippen molar-refractivity contribution < 1.29 is 13.9 Å². The number of ether oxygens (including phenoxy) is 2. The second-order valence-corrected chi connectivity index (χ2v) is 16.1. The Labute approximate surface area is 350 Å². The molecule has 0 bridgehead atoms. The molecule has 0 aliphatic heterocycles. The highest BCUT2D eigenvalue weighted by Crippen LogP contribution is 2.43. The first-order valence-corrected chi connectivity index (χ1v) is 20.3. The summed E-state index contributed by atoms with van der Waals surface area (Å²) in [5.74, 6) is 1.74. The monoisotopic (exact) mass is 780 g/mol. The van der Waals surface area contributed by atoms with Crippen LogP contribution < -0.4 is 19.3 Å². The Morgan fingerprint density at radius 2 is 0.627 bits per heavy atom. The number of hydrogen-bond donors (Lipinski definition) is 0. The fourth-order valence-corrected chi connectivity index (χ4v) is 8.47. The Bertz CT molecular complexity index is 2540. The number of aryl methyl sites for hydroxylation is 10. The zero-order valence-corrected chi connectivity index (χ0v) is 36.7. The van der Waals surface area contributed by atoms with Crippen molar-refractivity contribution in [3.05, 3.63) is 177 Å². The van der Waals surface area contributed by atoms with E-state index < -0.39 is 0 Å². The van der Waals surface area contributed by atoms with Gasteiger partial charge < -0.3 is 23.7 Å². The smallest absolute Gasteiger partial charge is 0.135 e. The molecular weight excluding hydrogens is 725 g/mol. The van der Waals surface area contributed by atoms with Crippen molar-refractivity contribution in [3.63, 3.8) is 0 Å². The van der Waals surface area contributed by atoms with E-state index in [1.165, 1.54) is 55.9 Å². The van der Waals surface area contributed by atoms with Crippen molar-refractivity contribution in [1.29, 1.82) is 0 Å². The molecule has 7 aromatic carbocycles. The summed E-state index contributed by atoms with van der Waals surface area (Å²) in [5, 5.41) is 2.10. The molecule has 0 saturated carbocycles. The van der Waals surface area contributed by atoms with Crippen LogP contribution in [0, 0.1) is 69.2 Å². The van der Waals surface area contributed by atoms with Gasteiger partial charge in [-0.05, 0) is 175 Å². The van der Waals surface area contributed by atoms with Gasteiger partial charge in [0.1, 0.15) is 22.7 Å². The van der Waals surface area contributed by atoms with Gasteiger partial charge in [-0.15, -0.1) is 0 Å². The normalized spacial score (nSPS) is 11.1. The average Bonchev–Trinajstić information content (AvgIpc) is 3.53. The van der Waals surface area contributed by atoms with E-state index in [4.69, 9.17) is 13.9 Å². The lowest BCUT2D eigenvalue weighted by molar-refractivity contribution is 0.412. The van der Waals surface area contributed by atoms with Gasteiger partial charge in [-0.2, -0.15) is 0 Å². The summed E-state index contributed by atoms with van der Waals surface area (Å²) < 4.78 is 16.7. The molecule has 59 heavy (non-hydrogen) atoms. The maximum Gasteiger partial charge on any atom is 0.135 e. The van der Waals surface area contributed by atoms with E-state index in [9.17, 15) is 0 Å². The van der Waals surface area contributed by atoms with Crippen LogP contribution in [0.5, 0.6) is 11.5 Å². The summed E-state index contributed by atoms with van der Waals surface area (Å²) in [6.07, 6.45) is 0. The average molecular weight is 781 g/mol. The van der Waals surface area contributed by atoms with Crippen LogP contribution in [0.25, 0.3) is 21.9 Å². The molecule has 0 N–H and O–H groups in total. The van der Waals surface area contributed by atoms with Gasteiger partial charge in [-0.3, -0.25) is 0 Å². The van der Waals surface area contributed by atoms with Gasteiger partial charge in [0, 0.05) is 33.5 Å². The predicted octanol–water partition coefficient (Wildman–Crippen LogP) is 15.3. The van der Waals surface area contributed by atoms with Crippen LogP contribution in [-0.2, 0) is 0 Å². The number of fused-ring (bicyclic) bond motifs is 3. The van der Waals surface area contributed by atoms with Crippen LogP contribution >= 0.6 is 0 Å². The molecule has 1 heterocycles. The summed E-state index contributed by atoms with van der Waals surface area (Å²) in [7, 11) is 3.36. The molecular formula is C54H56N2O3. The lowest BCUT2D eigenvalue weighted by Crippen LogP contribution is -2.15. The molecule has 1 aromatic heterocycles. The topological polar surface area (TPSA) is 38.1 Å². The number of benzene rings is 7. The van der Waals surface area contributed by atoms with Crippen molar-refractivity contribution in [1.82, 2.24) is 0 Å². The number of rotatable bonds is 8. The molecule has 8 rings (SSSR count). The Hall–Kier alpha value is -6.46. The number of nitrogens with zero attached hydrogens (tertiary/aromatic N) is 2. The lowest BCUT2D eigenvalue weighted by Gasteiger charge is -2.31. The molecule has 0 radical (unpaired) electrons. The van der Waals surface area contributed by atoms with Crippen LogP contribution in [0.3, 0.4) is 0 Å². The molecule has 0 fully saturated rings. The number of methoxy groups -OCH3 is 2. The summed E-state index contributed by atoms with van der Waals surface area (Å²) in [4.78, 5) is 4.79. The minimum atomic E-state index is 0.870. The van der Waals surface area contributed by atoms with Crippen LogP contribution in [0.4, 0.5) is 34.1 Å². The zero-order chi connectivity index (χ0) is 42.1. The minimum absolute atomic E-state index is 0.870. The largest absolute Gasteiger partial charge is 0.496 e. The van der Waals surface area contributed by atoms with Crippen molar-refractivity contribution in [2.75, 3.05) is 24.0 Å². The molecule has 0 spiro atoms. The highest BCUT2D eigenvalue weighted by Gasteiger charge is 2.21. The lowest BCUT2D eigenvalue weighted by atomic mass is 10.0. The quantitative estimate of drug-likeness (QED) is 0.154. The minimum Gasteiger partial charge on any atom is -0.496 e. The fourth-order valence-electron chi connectivity index (χ4n) is 8.47. The van der Waals surface area contributed by atoms with E-state index in [2.05, 4.69) is 162 Å². The second kappa shape index (κ2) is 16.8. The van der Waals surface area contributed by atoms with E-state index in [-0.39, 0.29) is 0 Å². The number of hydrogen-bond acceptors (Lipinski definition) is 5. The van der Waals surface area contributed by atoms with Crippen molar-refractivity contribution in [2.24, 2.45) is 0 Å². The van der Waals surface area contributed by atoms with Gasteiger partial charge in [0.15, 0.2) is 0 Å². The van der Waals surface area contributed by atoms with Crippen molar-refractivity contribution in [3.8, 4) is 11.5 Å². The maximum atomic E-state index is 5.90. The molecule has 0 atom stereocenters. The molecule has 0 unspecified atom stereocenters. The summed E-state index contributed by atoms with van der Waals surface area (Å²) in [6.45, 7) is 21.5. The fraction of sp³-hybridized carbons (Fsp3) is 0.222. The van der Waals surface area contributed by atoms with Crippen LogP contribution in [0.15, 0.2) is 126 Å². The van der Waals surface area contributed by atoms with E-state index in [0.717, 1.165) is 67.3 Å². The first-order valence-electron chi connectivity index (χ1n) is 20.3. The van der Waals surface area contributed by atoms with Crippen LogP contribution in [-0.4, -0.2) is 14.2 Å². The first-order chi connectivity index (χ1) is 28.3. The number of furan rings is 1. The van der Waals surface area contributed by atoms with Crippen LogP contribution in [0.1, 0.15) is 55.6 Å². The molecule has 8 aromatic rings. The maximum absolute atomic E-state index is 5.90.